The lowest BCUT2D eigenvalue weighted by atomic mass is 10.2. The third kappa shape index (κ3) is 6.40. The second-order valence-electron chi connectivity index (χ2n) is 3.59. The van der Waals surface area contributed by atoms with Crippen LogP contribution in [0, 0.1) is 0 Å². The predicted octanol–water partition coefficient (Wildman–Crippen LogP) is 2.96. The number of esters is 1. The van der Waals surface area contributed by atoms with Gasteiger partial charge in [-0.1, -0.05) is 24.8 Å². The van der Waals surface area contributed by atoms with E-state index in [1.807, 2.05) is 30.3 Å². The molecule has 0 saturated heterocycles. The number of hydrogen-bond acceptors (Lipinski definition) is 3. The van der Waals surface area contributed by atoms with Crippen molar-refractivity contribution in [3.63, 3.8) is 0 Å². The minimum Gasteiger partial charge on any atom is -0.494 e. The van der Waals surface area contributed by atoms with Crippen LogP contribution in [0.3, 0.4) is 0 Å². The lowest BCUT2D eigenvalue weighted by Crippen LogP contribution is -2.03. The Morgan fingerprint density at radius 1 is 1.12 bits per heavy atom. The van der Waals surface area contributed by atoms with E-state index >= 15 is 0 Å². The number of benzene rings is 1. The summed E-state index contributed by atoms with van der Waals surface area (Å²) in [4.78, 5) is 10.7. The molecule has 0 aliphatic heterocycles. The monoisotopic (exact) mass is 234 g/mol. The predicted molar refractivity (Wildman–Crippen MR) is 66.9 cm³/mol. The van der Waals surface area contributed by atoms with Gasteiger partial charge in [-0.05, 0) is 31.4 Å². The van der Waals surface area contributed by atoms with E-state index < -0.39 is 0 Å². The van der Waals surface area contributed by atoms with Gasteiger partial charge >= 0.3 is 5.97 Å². The van der Waals surface area contributed by atoms with Gasteiger partial charge in [0.05, 0.1) is 13.2 Å². The lowest BCUT2D eigenvalue weighted by molar-refractivity contribution is -0.137. The van der Waals surface area contributed by atoms with Gasteiger partial charge < -0.3 is 9.47 Å². The highest BCUT2D eigenvalue weighted by atomic mass is 16.5. The molecular weight excluding hydrogens is 216 g/mol. The summed E-state index contributed by atoms with van der Waals surface area (Å²) in [5, 5.41) is 0. The summed E-state index contributed by atoms with van der Waals surface area (Å²) in [6.07, 6.45) is 3.98. The highest BCUT2D eigenvalue weighted by molar-refractivity contribution is 5.81. The zero-order chi connectivity index (χ0) is 12.3. The van der Waals surface area contributed by atoms with Gasteiger partial charge in [-0.15, -0.1) is 0 Å². The molecule has 0 aromatic heterocycles. The van der Waals surface area contributed by atoms with Gasteiger partial charge in [-0.25, -0.2) is 4.79 Å². The molecule has 0 N–H and O–H groups in total. The largest absolute Gasteiger partial charge is 0.494 e. The van der Waals surface area contributed by atoms with E-state index in [2.05, 4.69) is 6.58 Å². The van der Waals surface area contributed by atoms with E-state index in [0.717, 1.165) is 25.0 Å². The first-order chi connectivity index (χ1) is 8.33. The number of hydrogen-bond donors (Lipinski definition) is 0. The maximum absolute atomic E-state index is 10.7. The Hall–Kier alpha value is -1.77. The Bertz CT molecular complexity index is 333. The van der Waals surface area contributed by atoms with Crippen molar-refractivity contribution in [2.45, 2.75) is 19.3 Å². The molecule has 0 spiro atoms. The molecule has 0 heterocycles. The number of carbonyl (C=O) groups excluding carboxylic acids is 1. The first-order valence-electron chi connectivity index (χ1n) is 5.80. The Morgan fingerprint density at radius 2 is 1.82 bits per heavy atom. The zero-order valence-electron chi connectivity index (χ0n) is 9.93. The highest BCUT2D eigenvalue weighted by Gasteiger charge is 1.96. The van der Waals surface area contributed by atoms with Crippen LogP contribution in [0.2, 0.25) is 0 Å². The molecule has 0 unspecified atom stereocenters. The second-order valence-corrected chi connectivity index (χ2v) is 3.59. The number of ether oxygens (including phenoxy) is 2. The van der Waals surface area contributed by atoms with Gasteiger partial charge in [0.2, 0.25) is 0 Å². The van der Waals surface area contributed by atoms with Crippen molar-refractivity contribution in [3.8, 4) is 5.75 Å². The summed E-state index contributed by atoms with van der Waals surface area (Å²) in [5.41, 5.74) is 0. The van der Waals surface area contributed by atoms with Crippen molar-refractivity contribution in [1.82, 2.24) is 0 Å². The lowest BCUT2D eigenvalue weighted by Gasteiger charge is -2.05. The maximum atomic E-state index is 10.7. The summed E-state index contributed by atoms with van der Waals surface area (Å²) < 4.78 is 10.4. The van der Waals surface area contributed by atoms with Crippen LogP contribution < -0.4 is 4.74 Å². The van der Waals surface area contributed by atoms with E-state index in [0.29, 0.717) is 13.2 Å². The van der Waals surface area contributed by atoms with Crippen molar-refractivity contribution >= 4 is 5.97 Å². The zero-order valence-corrected chi connectivity index (χ0v) is 9.93. The number of carbonyl (C=O) groups is 1. The highest BCUT2D eigenvalue weighted by Crippen LogP contribution is 2.09. The molecule has 0 radical (unpaired) electrons. The molecule has 0 saturated carbocycles. The molecule has 1 rings (SSSR count). The molecule has 17 heavy (non-hydrogen) atoms. The molecule has 3 heteroatoms. The number of para-hydroxylation sites is 1. The summed E-state index contributed by atoms with van der Waals surface area (Å²) >= 11 is 0. The van der Waals surface area contributed by atoms with Crippen molar-refractivity contribution in [2.75, 3.05) is 13.2 Å². The minimum atomic E-state index is -0.356. The van der Waals surface area contributed by atoms with Crippen LogP contribution in [0.1, 0.15) is 19.3 Å². The first kappa shape index (κ1) is 13.3. The molecule has 92 valence electrons. The number of unbranched alkanes of at least 4 members (excludes halogenated alkanes) is 2. The van der Waals surface area contributed by atoms with Gasteiger partial charge in [0.1, 0.15) is 5.75 Å². The normalized spacial score (nSPS) is 9.65. The Morgan fingerprint density at radius 3 is 2.53 bits per heavy atom. The molecule has 0 atom stereocenters. The molecule has 0 aliphatic carbocycles. The van der Waals surface area contributed by atoms with Crippen LogP contribution in [0.5, 0.6) is 5.75 Å². The average Bonchev–Trinajstić information content (AvgIpc) is 2.38. The molecule has 1 aromatic rings. The van der Waals surface area contributed by atoms with Gasteiger partial charge in [0, 0.05) is 6.08 Å². The fraction of sp³-hybridized carbons (Fsp3) is 0.357. The Balaban J connectivity index is 1.95. The molecule has 0 aliphatic rings. The molecule has 0 fully saturated rings. The van der Waals surface area contributed by atoms with E-state index in [9.17, 15) is 4.79 Å². The summed E-state index contributed by atoms with van der Waals surface area (Å²) in [5.74, 6) is 0.538. The van der Waals surface area contributed by atoms with Crippen LogP contribution in [0.25, 0.3) is 0 Å². The smallest absolute Gasteiger partial charge is 0.330 e. The van der Waals surface area contributed by atoms with Gasteiger partial charge in [0.25, 0.3) is 0 Å². The van der Waals surface area contributed by atoms with Crippen LogP contribution in [0.4, 0.5) is 0 Å². The fourth-order valence-electron chi connectivity index (χ4n) is 1.32. The third-order valence-corrected chi connectivity index (χ3v) is 2.21. The van der Waals surface area contributed by atoms with E-state index in [1.54, 1.807) is 0 Å². The fourth-order valence-corrected chi connectivity index (χ4v) is 1.32. The standard InChI is InChI=1S/C14H18O3/c1-2-14(15)17-12-8-4-7-11-16-13-9-5-3-6-10-13/h2-3,5-6,9-10H,1,4,7-8,11-12H2. The quantitative estimate of drug-likeness (QED) is 0.394. The Kier molecular flexibility index (Phi) is 6.56. The SMILES string of the molecule is C=CC(=O)OCCCCCOc1ccccc1. The van der Waals surface area contributed by atoms with E-state index in [-0.39, 0.29) is 5.97 Å². The van der Waals surface area contributed by atoms with Crippen LogP contribution in [-0.4, -0.2) is 19.2 Å². The number of rotatable bonds is 8. The third-order valence-electron chi connectivity index (χ3n) is 2.21. The average molecular weight is 234 g/mol. The summed E-state index contributed by atoms with van der Waals surface area (Å²) in [7, 11) is 0. The van der Waals surface area contributed by atoms with Crippen LogP contribution >= 0.6 is 0 Å². The molecular formula is C14H18O3. The van der Waals surface area contributed by atoms with Crippen molar-refractivity contribution in [1.29, 1.82) is 0 Å². The van der Waals surface area contributed by atoms with Crippen LogP contribution in [-0.2, 0) is 9.53 Å². The van der Waals surface area contributed by atoms with Crippen molar-refractivity contribution in [2.24, 2.45) is 0 Å². The van der Waals surface area contributed by atoms with Crippen molar-refractivity contribution < 1.29 is 14.3 Å². The van der Waals surface area contributed by atoms with Gasteiger partial charge in [0.15, 0.2) is 0 Å². The topological polar surface area (TPSA) is 35.5 Å². The van der Waals surface area contributed by atoms with Crippen LogP contribution in [0.15, 0.2) is 43.0 Å². The minimum absolute atomic E-state index is 0.356. The van der Waals surface area contributed by atoms with E-state index in [4.69, 9.17) is 9.47 Å². The summed E-state index contributed by atoms with van der Waals surface area (Å²) in [6.45, 7) is 4.48. The van der Waals surface area contributed by atoms with Gasteiger partial charge in [-0.2, -0.15) is 0 Å². The summed E-state index contributed by atoms with van der Waals surface area (Å²) in [6, 6.07) is 9.73. The van der Waals surface area contributed by atoms with Gasteiger partial charge in [-0.3, -0.25) is 0 Å². The Labute approximate surface area is 102 Å². The van der Waals surface area contributed by atoms with Crippen molar-refractivity contribution in [3.05, 3.63) is 43.0 Å². The second kappa shape index (κ2) is 8.39. The first-order valence-corrected chi connectivity index (χ1v) is 5.80. The molecule has 3 nitrogen and oxygen atoms in total. The molecule has 0 amide bonds. The van der Waals surface area contributed by atoms with E-state index in [1.165, 1.54) is 6.08 Å². The molecule has 0 bridgehead atoms. The maximum Gasteiger partial charge on any atom is 0.330 e. The molecule has 1 aromatic carbocycles.